The van der Waals surface area contributed by atoms with Crippen LogP contribution in [-0.2, 0) is 11.2 Å². The van der Waals surface area contributed by atoms with Crippen molar-refractivity contribution in [3.63, 3.8) is 0 Å². The van der Waals surface area contributed by atoms with Crippen molar-refractivity contribution < 1.29 is 9.21 Å². The van der Waals surface area contributed by atoms with Crippen LogP contribution < -0.4 is 5.73 Å². The second kappa shape index (κ2) is 2.94. The van der Waals surface area contributed by atoms with Crippen LogP contribution in [0.5, 0.6) is 0 Å². The number of nitrogens with two attached hydrogens (primary N) is 1. The van der Waals surface area contributed by atoms with Crippen LogP contribution >= 0.6 is 0 Å². The van der Waals surface area contributed by atoms with Gasteiger partial charge in [0.25, 0.3) is 0 Å². The largest absolute Gasteiger partial charge is 0.468 e. The van der Waals surface area contributed by atoms with Crippen LogP contribution in [0.15, 0.2) is 34.9 Å². The fraction of sp³-hybridized carbons (Fsp3) is 0.100. The second-order valence-electron chi connectivity index (χ2n) is 2.89. The van der Waals surface area contributed by atoms with Gasteiger partial charge in [-0.15, -0.1) is 0 Å². The highest BCUT2D eigenvalue weighted by Gasteiger charge is 2.07. The van der Waals surface area contributed by atoms with Gasteiger partial charge < -0.3 is 10.2 Å². The smallest absolute Gasteiger partial charge is 0.225 e. The Morgan fingerprint density at radius 1 is 1.38 bits per heavy atom. The summed E-state index contributed by atoms with van der Waals surface area (Å²) in [5.41, 5.74) is 5.08. The fourth-order valence-corrected chi connectivity index (χ4v) is 1.35. The van der Waals surface area contributed by atoms with Crippen molar-refractivity contribution in [2.75, 3.05) is 0 Å². The monoisotopic (exact) mass is 175 g/mol. The molecule has 1 amide bonds. The number of carbonyl (C=O) groups is 1. The van der Waals surface area contributed by atoms with Crippen LogP contribution in [0, 0.1) is 0 Å². The predicted octanol–water partition coefficient (Wildman–Crippen LogP) is 1.46. The molecule has 0 aliphatic rings. The summed E-state index contributed by atoms with van der Waals surface area (Å²) in [7, 11) is 0. The normalized spacial score (nSPS) is 10.5. The average molecular weight is 175 g/mol. The number of benzene rings is 1. The van der Waals surface area contributed by atoms with Crippen LogP contribution in [0.3, 0.4) is 0 Å². The summed E-state index contributed by atoms with van der Waals surface area (Å²) in [5, 5.41) is 1.96. The van der Waals surface area contributed by atoms with Gasteiger partial charge in [0.05, 0.1) is 12.7 Å². The van der Waals surface area contributed by atoms with Gasteiger partial charge in [-0.1, -0.05) is 24.3 Å². The number of hydrogen-bond donors (Lipinski definition) is 1. The summed E-state index contributed by atoms with van der Waals surface area (Å²) < 4.78 is 5.23. The maximum absolute atomic E-state index is 10.7. The van der Waals surface area contributed by atoms with Gasteiger partial charge in [-0.2, -0.15) is 0 Å². The molecule has 0 radical (unpaired) electrons. The molecule has 3 nitrogen and oxygen atoms in total. The number of amides is 1. The third-order valence-electron chi connectivity index (χ3n) is 1.92. The van der Waals surface area contributed by atoms with Crippen molar-refractivity contribution in [2.45, 2.75) is 6.42 Å². The Morgan fingerprint density at radius 2 is 2.15 bits per heavy atom. The molecule has 2 N–H and O–H groups in total. The molecule has 1 aromatic carbocycles. The molecule has 3 heteroatoms. The zero-order valence-corrected chi connectivity index (χ0v) is 6.99. The van der Waals surface area contributed by atoms with Crippen molar-refractivity contribution >= 4 is 16.7 Å². The predicted molar refractivity (Wildman–Crippen MR) is 49.1 cm³/mol. The Kier molecular flexibility index (Phi) is 1.77. The van der Waals surface area contributed by atoms with Gasteiger partial charge in [-0.25, -0.2) is 0 Å². The third-order valence-corrected chi connectivity index (χ3v) is 1.92. The Morgan fingerprint density at radius 3 is 2.92 bits per heavy atom. The lowest BCUT2D eigenvalue weighted by Gasteiger charge is -1.92. The molecule has 0 unspecified atom stereocenters. The molecule has 13 heavy (non-hydrogen) atoms. The third kappa shape index (κ3) is 1.40. The lowest BCUT2D eigenvalue weighted by atomic mass is 10.1. The van der Waals surface area contributed by atoms with Crippen LogP contribution in [0.2, 0.25) is 0 Å². The number of hydrogen-bond acceptors (Lipinski definition) is 2. The van der Waals surface area contributed by atoms with Crippen LogP contribution in [0.1, 0.15) is 5.76 Å². The van der Waals surface area contributed by atoms with E-state index in [9.17, 15) is 4.79 Å². The quantitative estimate of drug-likeness (QED) is 0.751. The molecule has 2 aromatic rings. The lowest BCUT2D eigenvalue weighted by Crippen LogP contribution is -2.13. The topological polar surface area (TPSA) is 56.2 Å². The van der Waals surface area contributed by atoms with Crippen molar-refractivity contribution in [1.29, 1.82) is 0 Å². The van der Waals surface area contributed by atoms with Gasteiger partial charge >= 0.3 is 0 Å². The summed E-state index contributed by atoms with van der Waals surface area (Å²) in [6, 6.07) is 7.68. The van der Waals surface area contributed by atoms with E-state index in [2.05, 4.69) is 0 Å². The van der Waals surface area contributed by atoms with E-state index in [1.54, 1.807) is 6.26 Å². The molecule has 66 valence electrons. The molecule has 0 aliphatic carbocycles. The minimum absolute atomic E-state index is 0.160. The van der Waals surface area contributed by atoms with Gasteiger partial charge in [0.1, 0.15) is 5.76 Å². The van der Waals surface area contributed by atoms with E-state index in [4.69, 9.17) is 10.2 Å². The summed E-state index contributed by atoms with van der Waals surface area (Å²) in [5.74, 6) is 0.267. The first-order valence-electron chi connectivity index (χ1n) is 4.01. The number of carbonyl (C=O) groups excluding carboxylic acids is 1. The molecule has 2 rings (SSSR count). The summed E-state index contributed by atoms with van der Waals surface area (Å²) in [4.78, 5) is 10.7. The Labute approximate surface area is 75.1 Å². The highest BCUT2D eigenvalue weighted by Crippen LogP contribution is 2.20. The highest BCUT2D eigenvalue weighted by molar-refractivity contribution is 5.88. The van der Waals surface area contributed by atoms with E-state index in [1.165, 1.54) is 0 Å². The minimum Gasteiger partial charge on any atom is -0.468 e. The lowest BCUT2D eigenvalue weighted by molar-refractivity contribution is -0.117. The summed E-state index contributed by atoms with van der Waals surface area (Å²) in [6.45, 7) is 0. The standard InChI is InChI=1S/C10H9NO2/c11-10(12)5-9-8-4-2-1-3-7(8)6-13-9/h1-4,6H,5H2,(H2,11,12). The fourth-order valence-electron chi connectivity index (χ4n) is 1.35. The number of primary amides is 1. The highest BCUT2D eigenvalue weighted by atomic mass is 16.3. The summed E-state index contributed by atoms with van der Waals surface area (Å²) in [6.07, 6.45) is 1.79. The van der Waals surface area contributed by atoms with E-state index in [-0.39, 0.29) is 12.3 Å². The molecule has 0 atom stereocenters. The number of rotatable bonds is 2. The van der Waals surface area contributed by atoms with E-state index in [0.717, 1.165) is 10.8 Å². The van der Waals surface area contributed by atoms with E-state index in [1.807, 2.05) is 24.3 Å². The van der Waals surface area contributed by atoms with E-state index >= 15 is 0 Å². The molecule has 0 saturated heterocycles. The van der Waals surface area contributed by atoms with Gasteiger partial charge in [0.2, 0.25) is 5.91 Å². The first-order valence-corrected chi connectivity index (χ1v) is 4.01. The van der Waals surface area contributed by atoms with Crippen LogP contribution in [0.4, 0.5) is 0 Å². The summed E-state index contributed by atoms with van der Waals surface area (Å²) >= 11 is 0. The van der Waals surface area contributed by atoms with Gasteiger partial charge in [-0.05, 0) is 0 Å². The van der Waals surface area contributed by atoms with E-state index in [0.29, 0.717) is 5.76 Å². The molecule has 1 heterocycles. The molecule has 1 aromatic heterocycles. The SMILES string of the molecule is NC(=O)Cc1occ2ccccc12. The van der Waals surface area contributed by atoms with Crippen LogP contribution in [-0.4, -0.2) is 5.91 Å². The molecular weight excluding hydrogens is 166 g/mol. The van der Waals surface area contributed by atoms with Crippen molar-refractivity contribution in [3.8, 4) is 0 Å². The van der Waals surface area contributed by atoms with E-state index < -0.39 is 0 Å². The Hall–Kier alpha value is -1.77. The maximum atomic E-state index is 10.7. The molecule has 0 saturated carbocycles. The first kappa shape index (κ1) is 7.86. The average Bonchev–Trinajstić information content (AvgIpc) is 2.48. The number of fused-ring (bicyclic) bond motifs is 1. The van der Waals surface area contributed by atoms with Crippen LogP contribution in [0.25, 0.3) is 10.8 Å². The minimum atomic E-state index is -0.375. The second-order valence-corrected chi connectivity index (χ2v) is 2.89. The van der Waals surface area contributed by atoms with Crippen molar-refractivity contribution in [1.82, 2.24) is 0 Å². The zero-order chi connectivity index (χ0) is 9.26. The molecule has 0 bridgehead atoms. The first-order chi connectivity index (χ1) is 6.27. The molecular formula is C10H9NO2. The van der Waals surface area contributed by atoms with Gasteiger partial charge in [0, 0.05) is 10.8 Å². The molecule has 0 fully saturated rings. The zero-order valence-electron chi connectivity index (χ0n) is 6.99. The maximum Gasteiger partial charge on any atom is 0.225 e. The Balaban J connectivity index is 2.51. The van der Waals surface area contributed by atoms with Gasteiger partial charge in [0.15, 0.2) is 0 Å². The number of furan rings is 1. The van der Waals surface area contributed by atoms with Crippen molar-refractivity contribution in [2.24, 2.45) is 5.73 Å². The van der Waals surface area contributed by atoms with Gasteiger partial charge in [-0.3, -0.25) is 4.79 Å². The molecule has 0 spiro atoms. The van der Waals surface area contributed by atoms with Crippen molar-refractivity contribution in [3.05, 3.63) is 36.3 Å². The molecule has 0 aliphatic heterocycles. The Bertz CT molecular complexity index is 445.